The summed E-state index contributed by atoms with van der Waals surface area (Å²) in [6.45, 7) is 1.38. The van der Waals surface area contributed by atoms with Crippen molar-refractivity contribution in [1.29, 1.82) is 0 Å². The average Bonchev–Trinajstić information content (AvgIpc) is 3.15. The molecule has 0 bridgehead atoms. The molecule has 1 fully saturated rings. The zero-order chi connectivity index (χ0) is 17.3. The maximum atomic E-state index is 12.7. The molecule has 7 heteroatoms. The van der Waals surface area contributed by atoms with Crippen LogP contribution in [0, 0.1) is 0 Å². The van der Waals surface area contributed by atoms with E-state index in [9.17, 15) is 9.90 Å². The molecule has 1 aliphatic heterocycles. The summed E-state index contributed by atoms with van der Waals surface area (Å²) in [5.41, 5.74) is 0.384. The van der Waals surface area contributed by atoms with Crippen LogP contribution in [-0.4, -0.2) is 69.9 Å². The number of likely N-dealkylation sites (N-methyl/N-ethyl adjacent to an activating group) is 1. The van der Waals surface area contributed by atoms with Crippen LogP contribution in [0.15, 0.2) is 36.7 Å². The van der Waals surface area contributed by atoms with Crippen molar-refractivity contribution >= 4 is 17.5 Å². The lowest BCUT2D eigenvalue weighted by atomic mass is 10.0. The molecule has 2 heterocycles. The Hall–Kier alpha value is -1.89. The average molecular weight is 349 g/mol. The van der Waals surface area contributed by atoms with E-state index in [0.29, 0.717) is 36.6 Å². The maximum absolute atomic E-state index is 12.7. The van der Waals surface area contributed by atoms with Gasteiger partial charge < -0.3 is 14.9 Å². The molecule has 2 aromatic rings. The van der Waals surface area contributed by atoms with Gasteiger partial charge in [0.05, 0.1) is 28.4 Å². The normalized spacial score (nSPS) is 20.8. The molecule has 1 aliphatic rings. The van der Waals surface area contributed by atoms with E-state index in [1.807, 2.05) is 37.3 Å². The first-order valence-electron chi connectivity index (χ1n) is 7.84. The summed E-state index contributed by atoms with van der Waals surface area (Å²) in [4.78, 5) is 16.3. The zero-order valence-corrected chi connectivity index (χ0v) is 14.6. The molecule has 1 N–H and O–H groups in total. The molecule has 0 radical (unpaired) electrons. The van der Waals surface area contributed by atoms with E-state index in [4.69, 9.17) is 11.6 Å². The summed E-state index contributed by atoms with van der Waals surface area (Å²) in [7, 11) is 3.82. The lowest BCUT2D eigenvalue weighted by molar-refractivity contribution is 0.0236. The first-order valence-corrected chi connectivity index (χ1v) is 8.22. The SMILES string of the molecule is CN(C)C[C@@]1(O)CCN(C(=O)c2ccc(-n3cccn3)cc2Cl)C1. The van der Waals surface area contributed by atoms with Crippen molar-refractivity contribution in [3.63, 3.8) is 0 Å². The van der Waals surface area contributed by atoms with Gasteiger partial charge >= 0.3 is 0 Å². The number of amides is 1. The van der Waals surface area contributed by atoms with E-state index in [1.54, 1.807) is 27.9 Å². The number of hydrogen-bond donors (Lipinski definition) is 1. The smallest absolute Gasteiger partial charge is 0.255 e. The van der Waals surface area contributed by atoms with E-state index < -0.39 is 5.60 Å². The van der Waals surface area contributed by atoms with Crippen LogP contribution >= 0.6 is 11.6 Å². The van der Waals surface area contributed by atoms with Crippen LogP contribution < -0.4 is 0 Å². The lowest BCUT2D eigenvalue weighted by Gasteiger charge is -2.26. The van der Waals surface area contributed by atoms with Crippen LogP contribution in [0.4, 0.5) is 0 Å². The Balaban J connectivity index is 1.76. The van der Waals surface area contributed by atoms with Gasteiger partial charge in [0.25, 0.3) is 5.91 Å². The quantitative estimate of drug-likeness (QED) is 0.913. The van der Waals surface area contributed by atoms with Gasteiger partial charge in [-0.25, -0.2) is 4.68 Å². The largest absolute Gasteiger partial charge is 0.387 e. The van der Waals surface area contributed by atoms with Gasteiger partial charge in [0, 0.05) is 25.5 Å². The number of β-amino-alcohol motifs (C(OH)–C–C–N with tert-alkyl or cyclic N) is 1. The second-order valence-electron chi connectivity index (χ2n) is 6.55. The maximum Gasteiger partial charge on any atom is 0.255 e. The number of likely N-dealkylation sites (tertiary alicyclic amines) is 1. The molecule has 1 saturated heterocycles. The Labute approximate surface area is 146 Å². The molecule has 0 aliphatic carbocycles. The number of halogens is 1. The van der Waals surface area contributed by atoms with E-state index in [1.165, 1.54) is 0 Å². The first-order chi connectivity index (χ1) is 11.4. The molecule has 1 amide bonds. The molecule has 128 valence electrons. The Morgan fingerprint density at radius 1 is 1.46 bits per heavy atom. The highest BCUT2D eigenvalue weighted by Gasteiger charge is 2.39. The van der Waals surface area contributed by atoms with Gasteiger partial charge in [0.15, 0.2) is 0 Å². The first kappa shape index (κ1) is 17.0. The standard InChI is InChI=1S/C17H21ClN4O2/c1-20(2)11-17(24)6-9-21(12-17)16(23)14-5-4-13(10-15(14)18)22-8-3-7-19-22/h3-5,7-8,10,24H,6,9,11-12H2,1-2H3/t17-/m0/s1. The van der Waals surface area contributed by atoms with Crippen LogP contribution in [-0.2, 0) is 0 Å². The molecule has 0 spiro atoms. The van der Waals surface area contributed by atoms with Crippen LogP contribution in [0.1, 0.15) is 16.8 Å². The summed E-state index contributed by atoms with van der Waals surface area (Å²) >= 11 is 6.32. The predicted octanol–water partition coefficient (Wildman–Crippen LogP) is 1.66. The highest BCUT2D eigenvalue weighted by molar-refractivity contribution is 6.34. The summed E-state index contributed by atoms with van der Waals surface area (Å²) in [5.74, 6) is -0.151. The summed E-state index contributed by atoms with van der Waals surface area (Å²) in [5, 5.41) is 15.1. The van der Waals surface area contributed by atoms with Gasteiger partial charge in [0.1, 0.15) is 0 Å². The van der Waals surface area contributed by atoms with Crippen molar-refractivity contribution in [2.24, 2.45) is 0 Å². The molecule has 3 rings (SSSR count). The van der Waals surface area contributed by atoms with Crippen molar-refractivity contribution in [3.05, 3.63) is 47.2 Å². The molecule has 0 saturated carbocycles. The van der Waals surface area contributed by atoms with Gasteiger partial charge in [-0.15, -0.1) is 0 Å². The highest BCUT2D eigenvalue weighted by atomic mass is 35.5. The molecular weight excluding hydrogens is 328 g/mol. The van der Waals surface area contributed by atoms with Crippen LogP contribution in [0.25, 0.3) is 5.69 Å². The molecule has 6 nitrogen and oxygen atoms in total. The third-order valence-corrected chi connectivity index (χ3v) is 4.49. The van der Waals surface area contributed by atoms with E-state index in [2.05, 4.69) is 5.10 Å². The van der Waals surface area contributed by atoms with Crippen molar-refractivity contribution in [3.8, 4) is 5.69 Å². The molecule has 1 aromatic carbocycles. The zero-order valence-electron chi connectivity index (χ0n) is 13.8. The third-order valence-electron chi connectivity index (χ3n) is 4.18. The molecule has 1 aromatic heterocycles. The number of benzene rings is 1. The van der Waals surface area contributed by atoms with Crippen molar-refractivity contribution in [2.45, 2.75) is 12.0 Å². The predicted molar refractivity (Wildman–Crippen MR) is 92.6 cm³/mol. The Bertz CT molecular complexity index is 732. The van der Waals surface area contributed by atoms with Gasteiger partial charge in [-0.05, 0) is 44.8 Å². The highest BCUT2D eigenvalue weighted by Crippen LogP contribution is 2.27. The fourth-order valence-electron chi connectivity index (χ4n) is 3.16. The molecule has 0 unspecified atom stereocenters. The summed E-state index contributed by atoms with van der Waals surface area (Å²) < 4.78 is 1.69. The monoisotopic (exact) mass is 348 g/mol. The molecule has 1 atom stereocenters. The number of carbonyl (C=O) groups excluding carboxylic acids is 1. The molecule has 24 heavy (non-hydrogen) atoms. The Morgan fingerprint density at radius 2 is 2.25 bits per heavy atom. The van der Waals surface area contributed by atoms with E-state index in [-0.39, 0.29) is 5.91 Å². The topological polar surface area (TPSA) is 61.6 Å². The minimum absolute atomic E-state index is 0.151. The fraction of sp³-hybridized carbons (Fsp3) is 0.412. The Kier molecular flexibility index (Phi) is 4.62. The van der Waals surface area contributed by atoms with E-state index >= 15 is 0 Å². The number of carbonyl (C=O) groups is 1. The van der Waals surface area contributed by atoms with Crippen LogP contribution in [0.5, 0.6) is 0 Å². The van der Waals surface area contributed by atoms with Gasteiger partial charge in [-0.3, -0.25) is 4.79 Å². The number of hydrogen-bond acceptors (Lipinski definition) is 4. The van der Waals surface area contributed by atoms with Crippen molar-refractivity contribution < 1.29 is 9.90 Å². The van der Waals surface area contributed by atoms with Crippen molar-refractivity contribution in [2.75, 3.05) is 33.7 Å². The second kappa shape index (κ2) is 6.55. The van der Waals surface area contributed by atoms with Gasteiger partial charge in [0.2, 0.25) is 0 Å². The number of aliphatic hydroxyl groups is 1. The van der Waals surface area contributed by atoms with E-state index in [0.717, 1.165) is 5.69 Å². The van der Waals surface area contributed by atoms with Crippen LogP contribution in [0.2, 0.25) is 5.02 Å². The number of nitrogens with zero attached hydrogens (tertiary/aromatic N) is 4. The third kappa shape index (κ3) is 3.45. The van der Waals surface area contributed by atoms with Crippen LogP contribution in [0.3, 0.4) is 0 Å². The minimum atomic E-state index is -0.860. The summed E-state index contributed by atoms with van der Waals surface area (Å²) in [6, 6.07) is 7.08. The fourth-order valence-corrected chi connectivity index (χ4v) is 3.41. The van der Waals surface area contributed by atoms with Crippen molar-refractivity contribution in [1.82, 2.24) is 19.6 Å². The minimum Gasteiger partial charge on any atom is -0.387 e. The molecular formula is C17H21ClN4O2. The number of aromatic nitrogens is 2. The van der Waals surface area contributed by atoms with Gasteiger partial charge in [-0.1, -0.05) is 11.6 Å². The number of rotatable bonds is 4. The lowest BCUT2D eigenvalue weighted by Crippen LogP contribution is -2.43. The second-order valence-corrected chi connectivity index (χ2v) is 6.96. The Morgan fingerprint density at radius 3 is 2.88 bits per heavy atom. The summed E-state index contributed by atoms with van der Waals surface area (Å²) in [6.07, 6.45) is 4.07. The van der Waals surface area contributed by atoms with Gasteiger partial charge in [-0.2, -0.15) is 5.10 Å².